The minimum atomic E-state index is -0.142. The summed E-state index contributed by atoms with van der Waals surface area (Å²) in [6, 6.07) is 3.52. The summed E-state index contributed by atoms with van der Waals surface area (Å²) in [7, 11) is 0. The second kappa shape index (κ2) is 5.87. The molecule has 2 amide bonds. The van der Waals surface area contributed by atoms with Gasteiger partial charge in [-0.25, -0.2) is 14.3 Å². The van der Waals surface area contributed by atoms with Crippen LogP contribution in [0.3, 0.4) is 0 Å². The highest BCUT2D eigenvalue weighted by molar-refractivity contribution is 5.93. The number of aromatic nitrogens is 4. The fourth-order valence-electron chi connectivity index (χ4n) is 3.57. The topological polar surface area (TPSA) is 88.6 Å². The van der Waals surface area contributed by atoms with Crippen molar-refractivity contribution in [2.75, 3.05) is 11.9 Å². The van der Waals surface area contributed by atoms with Gasteiger partial charge in [0.15, 0.2) is 5.65 Å². The van der Waals surface area contributed by atoms with Gasteiger partial charge in [-0.15, -0.1) is 0 Å². The van der Waals surface area contributed by atoms with Crippen LogP contribution in [0.5, 0.6) is 0 Å². The number of rotatable bonds is 2. The zero-order valence-electron chi connectivity index (χ0n) is 14.5. The molecule has 0 radical (unpaired) electrons. The standard InChI is InChI=1S/C17H20N6O2/c1-10-15(11(2)25-21-10)14-7-5-8-22(14)17(24)19-13-6-4-9-23-16(13)18-12(3)20-23/h4,6,9,14H,5,7-8H2,1-3H3,(H,19,24)/t14-/m1/s1. The third kappa shape index (κ3) is 2.63. The third-order valence-electron chi connectivity index (χ3n) is 4.65. The van der Waals surface area contributed by atoms with E-state index in [2.05, 4.69) is 20.6 Å². The second-order valence-electron chi connectivity index (χ2n) is 6.37. The summed E-state index contributed by atoms with van der Waals surface area (Å²) in [5.41, 5.74) is 3.15. The summed E-state index contributed by atoms with van der Waals surface area (Å²) in [4.78, 5) is 19.1. The molecule has 130 valence electrons. The minimum absolute atomic E-state index is 0.00871. The molecule has 0 unspecified atom stereocenters. The Balaban J connectivity index is 1.62. The SMILES string of the molecule is Cc1nc2c(NC(=O)N3CCC[C@@H]3c3c(C)noc3C)cccn2n1. The Morgan fingerprint density at radius 1 is 1.36 bits per heavy atom. The molecule has 0 aromatic carbocycles. The Kier molecular flexibility index (Phi) is 3.67. The van der Waals surface area contributed by atoms with Gasteiger partial charge in [-0.3, -0.25) is 0 Å². The maximum Gasteiger partial charge on any atom is 0.322 e. The van der Waals surface area contributed by atoms with Gasteiger partial charge in [-0.05, 0) is 45.7 Å². The molecule has 1 aliphatic rings. The van der Waals surface area contributed by atoms with E-state index in [9.17, 15) is 4.79 Å². The molecule has 4 heterocycles. The first-order chi connectivity index (χ1) is 12.0. The first kappa shape index (κ1) is 15.6. The van der Waals surface area contributed by atoms with Gasteiger partial charge < -0.3 is 14.7 Å². The van der Waals surface area contributed by atoms with E-state index < -0.39 is 0 Å². The molecule has 1 fully saturated rings. The largest absolute Gasteiger partial charge is 0.361 e. The van der Waals surface area contributed by atoms with Gasteiger partial charge in [0, 0.05) is 18.3 Å². The van der Waals surface area contributed by atoms with E-state index in [0.29, 0.717) is 23.7 Å². The maximum absolute atomic E-state index is 12.9. The Bertz CT molecular complexity index is 924. The Morgan fingerprint density at radius 3 is 2.96 bits per heavy atom. The van der Waals surface area contributed by atoms with E-state index in [-0.39, 0.29) is 12.1 Å². The van der Waals surface area contributed by atoms with Gasteiger partial charge >= 0.3 is 6.03 Å². The molecule has 4 rings (SSSR count). The highest BCUT2D eigenvalue weighted by Gasteiger charge is 2.34. The van der Waals surface area contributed by atoms with Gasteiger partial charge in [0.1, 0.15) is 11.6 Å². The Morgan fingerprint density at radius 2 is 2.20 bits per heavy atom. The average Bonchev–Trinajstić information content (AvgIpc) is 3.26. The van der Waals surface area contributed by atoms with Crippen LogP contribution in [0.1, 0.15) is 41.7 Å². The number of urea groups is 1. The number of anilines is 1. The molecule has 25 heavy (non-hydrogen) atoms. The lowest BCUT2D eigenvalue weighted by Crippen LogP contribution is -2.35. The van der Waals surface area contributed by atoms with Crippen molar-refractivity contribution >= 4 is 17.4 Å². The van der Waals surface area contributed by atoms with Crippen LogP contribution >= 0.6 is 0 Å². The predicted octanol–water partition coefficient (Wildman–Crippen LogP) is 3.01. The highest BCUT2D eigenvalue weighted by Crippen LogP contribution is 2.36. The zero-order valence-corrected chi connectivity index (χ0v) is 14.5. The number of likely N-dealkylation sites (tertiary alicyclic amines) is 1. The number of carbonyl (C=O) groups is 1. The lowest BCUT2D eigenvalue weighted by molar-refractivity contribution is 0.206. The van der Waals surface area contributed by atoms with Crippen molar-refractivity contribution in [3.63, 3.8) is 0 Å². The Hall–Kier alpha value is -2.90. The highest BCUT2D eigenvalue weighted by atomic mass is 16.5. The molecule has 1 atom stereocenters. The van der Waals surface area contributed by atoms with Crippen molar-refractivity contribution in [2.45, 2.75) is 39.7 Å². The van der Waals surface area contributed by atoms with Crippen molar-refractivity contribution in [1.29, 1.82) is 0 Å². The van der Waals surface area contributed by atoms with Crippen LogP contribution in [-0.4, -0.2) is 37.2 Å². The number of carbonyl (C=O) groups excluding carboxylic acids is 1. The molecule has 0 saturated carbocycles. The van der Waals surface area contributed by atoms with Gasteiger partial charge in [-0.1, -0.05) is 5.16 Å². The lowest BCUT2D eigenvalue weighted by atomic mass is 10.0. The van der Waals surface area contributed by atoms with Gasteiger partial charge in [0.25, 0.3) is 0 Å². The summed E-state index contributed by atoms with van der Waals surface area (Å²) in [5.74, 6) is 1.44. The van der Waals surface area contributed by atoms with E-state index in [0.717, 1.165) is 29.9 Å². The third-order valence-corrected chi connectivity index (χ3v) is 4.65. The number of fused-ring (bicyclic) bond motifs is 1. The molecule has 0 aliphatic carbocycles. The van der Waals surface area contributed by atoms with Crippen LogP contribution in [-0.2, 0) is 0 Å². The van der Waals surface area contributed by atoms with Crippen LogP contribution in [0.2, 0.25) is 0 Å². The lowest BCUT2D eigenvalue weighted by Gasteiger charge is -2.25. The van der Waals surface area contributed by atoms with Gasteiger partial charge in [0.05, 0.1) is 17.4 Å². The minimum Gasteiger partial charge on any atom is -0.361 e. The summed E-state index contributed by atoms with van der Waals surface area (Å²) in [6.45, 7) is 6.34. The molecular weight excluding hydrogens is 320 g/mol. The van der Waals surface area contributed by atoms with E-state index in [1.807, 2.05) is 44.0 Å². The number of pyridine rings is 1. The van der Waals surface area contributed by atoms with Crippen molar-refractivity contribution in [3.8, 4) is 0 Å². The molecule has 8 nitrogen and oxygen atoms in total. The smallest absolute Gasteiger partial charge is 0.322 e. The van der Waals surface area contributed by atoms with E-state index in [4.69, 9.17) is 4.52 Å². The predicted molar refractivity (Wildman–Crippen MR) is 91.4 cm³/mol. The molecule has 1 aliphatic heterocycles. The van der Waals surface area contributed by atoms with Gasteiger partial charge in [0.2, 0.25) is 0 Å². The van der Waals surface area contributed by atoms with Crippen LogP contribution in [0.4, 0.5) is 10.5 Å². The summed E-state index contributed by atoms with van der Waals surface area (Å²) >= 11 is 0. The molecule has 1 N–H and O–H groups in total. The quantitative estimate of drug-likeness (QED) is 0.774. The molecule has 1 saturated heterocycles. The zero-order chi connectivity index (χ0) is 17.6. The summed E-state index contributed by atoms with van der Waals surface area (Å²) < 4.78 is 6.95. The van der Waals surface area contributed by atoms with Crippen molar-refractivity contribution in [2.24, 2.45) is 0 Å². The molecule has 0 spiro atoms. The number of amides is 2. The average molecular weight is 340 g/mol. The van der Waals surface area contributed by atoms with Crippen molar-refractivity contribution < 1.29 is 9.32 Å². The fourth-order valence-corrected chi connectivity index (χ4v) is 3.57. The van der Waals surface area contributed by atoms with Crippen molar-refractivity contribution in [1.82, 2.24) is 24.7 Å². The van der Waals surface area contributed by atoms with E-state index >= 15 is 0 Å². The molecule has 8 heteroatoms. The number of aryl methyl sites for hydroxylation is 3. The number of hydrogen-bond donors (Lipinski definition) is 1. The number of nitrogens with zero attached hydrogens (tertiary/aromatic N) is 5. The van der Waals surface area contributed by atoms with Crippen LogP contribution in [0, 0.1) is 20.8 Å². The van der Waals surface area contributed by atoms with Crippen LogP contribution < -0.4 is 5.32 Å². The summed E-state index contributed by atoms with van der Waals surface area (Å²) in [6.07, 6.45) is 3.68. The van der Waals surface area contributed by atoms with Crippen LogP contribution in [0.15, 0.2) is 22.9 Å². The maximum atomic E-state index is 12.9. The number of hydrogen-bond acceptors (Lipinski definition) is 5. The Labute approximate surface area is 144 Å². The normalized spacial score (nSPS) is 17.4. The van der Waals surface area contributed by atoms with Crippen LogP contribution in [0.25, 0.3) is 5.65 Å². The molecule has 3 aromatic heterocycles. The van der Waals surface area contributed by atoms with E-state index in [1.165, 1.54) is 0 Å². The first-order valence-electron chi connectivity index (χ1n) is 8.37. The number of nitrogens with one attached hydrogen (secondary N) is 1. The monoisotopic (exact) mass is 340 g/mol. The summed E-state index contributed by atoms with van der Waals surface area (Å²) in [5, 5.41) is 11.3. The fraction of sp³-hybridized carbons (Fsp3) is 0.412. The molecular formula is C17H20N6O2. The first-order valence-corrected chi connectivity index (χ1v) is 8.37. The second-order valence-corrected chi connectivity index (χ2v) is 6.37. The molecule has 0 bridgehead atoms. The van der Waals surface area contributed by atoms with Crippen molar-refractivity contribution in [3.05, 3.63) is 41.2 Å². The molecule has 3 aromatic rings. The van der Waals surface area contributed by atoms with Gasteiger partial charge in [-0.2, -0.15) is 5.10 Å². The van der Waals surface area contributed by atoms with E-state index in [1.54, 1.807) is 4.52 Å².